The van der Waals surface area contributed by atoms with E-state index in [1.54, 1.807) is 11.3 Å². The quantitative estimate of drug-likeness (QED) is 0.872. The van der Waals surface area contributed by atoms with E-state index in [9.17, 15) is 0 Å². The summed E-state index contributed by atoms with van der Waals surface area (Å²) < 4.78 is 5.50. The number of aryl methyl sites for hydroxylation is 1. The smallest absolute Gasteiger partial charge is 0.0897 e. The summed E-state index contributed by atoms with van der Waals surface area (Å²) in [6.07, 6.45) is 2.12. The maximum Gasteiger partial charge on any atom is 0.0897 e. The molecule has 0 radical (unpaired) electrons. The monoisotopic (exact) mass is 297 g/mol. The molecule has 0 aliphatic carbocycles. The molecule has 1 fully saturated rings. The van der Waals surface area contributed by atoms with E-state index in [1.165, 1.54) is 5.69 Å². The van der Waals surface area contributed by atoms with Crippen molar-refractivity contribution >= 4 is 11.3 Å². The summed E-state index contributed by atoms with van der Waals surface area (Å²) >= 11 is 1.74. The molecule has 1 saturated heterocycles. The maximum absolute atomic E-state index is 5.50. The van der Waals surface area contributed by atoms with E-state index in [2.05, 4.69) is 48.4 Å². The first-order valence-electron chi connectivity index (χ1n) is 7.51. The van der Waals surface area contributed by atoms with Crippen molar-refractivity contribution in [2.75, 3.05) is 33.4 Å². The van der Waals surface area contributed by atoms with Gasteiger partial charge in [-0.25, -0.2) is 4.98 Å². The standard InChI is InChI=1S/C15H27N3OS/c1-5-15(3,18-6-8-19-9-7-18)14(16-4)10-13-11-20-12(2)17-13/h11,14,16H,5-10H2,1-4H3. The van der Waals surface area contributed by atoms with Crippen LogP contribution in [0.4, 0.5) is 0 Å². The van der Waals surface area contributed by atoms with E-state index in [4.69, 9.17) is 4.74 Å². The Labute approximate surface area is 126 Å². The second-order valence-electron chi connectivity index (χ2n) is 5.71. The van der Waals surface area contributed by atoms with Crippen LogP contribution in [-0.2, 0) is 11.2 Å². The average molecular weight is 297 g/mol. The minimum absolute atomic E-state index is 0.149. The summed E-state index contributed by atoms with van der Waals surface area (Å²) in [5.74, 6) is 0. The molecule has 0 spiro atoms. The SMILES string of the molecule is CCC(C)(C(Cc1csc(C)n1)NC)N1CCOCC1. The van der Waals surface area contributed by atoms with E-state index in [1.807, 2.05) is 0 Å². The van der Waals surface area contributed by atoms with Crippen LogP contribution in [0, 0.1) is 6.92 Å². The van der Waals surface area contributed by atoms with Gasteiger partial charge >= 0.3 is 0 Å². The first kappa shape index (κ1) is 15.9. The van der Waals surface area contributed by atoms with Gasteiger partial charge in [0, 0.05) is 36.5 Å². The zero-order valence-electron chi connectivity index (χ0n) is 13.1. The highest BCUT2D eigenvalue weighted by molar-refractivity contribution is 7.09. The van der Waals surface area contributed by atoms with Crippen molar-refractivity contribution in [3.05, 3.63) is 16.1 Å². The Morgan fingerprint density at radius 1 is 1.50 bits per heavy atom. The van der Waals surface area contributed by atoms with Gasteiger partial charge in [-0.15, -0.1) is 11.3 Å². The highest BCUT2D eigenvalue weighted by atomic mass is 32.1. The van der Waals surface area contributed by atoms with Crippen molar-refractivity contribution in [2.45, 2.75) is 45.2 Å². The molecule has 2 unspecified atom stereocenters. The van der Waals surface area contributed by atoms with Crippen molar-refractivity contribution in [1.29, 1.82) is 0 Å². The van der Waals surface area contributed by atoms with Crippen LogP contribution >= 0.6 is 11.3 Å². The Morgan fingerprint density at radius 2 is 2.20 bits per heavy atom. The van der Waals surface area contributed by atoms with Crippen LogP contribution in [-0.4, -0.2) is 54.8 Å². The van der Waals surface area contributed by atoms with Crippen molar-refractivity contribution < 1.29 is 4.74 Å². The molecule has 1 aromatic rings. The third-order valence-electron chi connectivity index (χ3n) is 4.63. The molecule has 2 rings (SSSR count). The topological polar surface area (TPSA) is 37.4 Å². The van der Waals surface area contributed by atoms with Gasteiger partial charge in [-0.1, -0.05) is 6.92 Å². The fraction of sp³-hybridized carbons (Fsp3) is 0.800. The predicted molar refractivity (Wildman–Crippen MR) is 84.5 cm³/mol. The van der Waals surface area contributed by atoms with Gasteiger partial charge in [0.1, 0.15) is 0 Å². The minimum atomic E-state index is 0.149. The highest BCUT2D eigenvalue weighted by Gasteiger charge is 2.38. The molecule has 5 heteroatoms. The molecule has 2 atom stereocenters. The van der Waals surface area contributed by atoms with Crippen LogP contribution in [0.5, 0.6) is 0 Å². The molecule has 4 nitrogen and oxygen atoms in total. The lowest BCUT2D eigenvalue weighted by Crippen LogP contribution is -2.62. The first-order valence-corrected chi connectivity index (χ1v) is 8.39. The van der Waals surface area contributed by atoms with Crippen molar-refractivity contribution in [2.24, 2.45) is 0 Å². The fourth-order valence-corrected chi connectivity index (χ4v) is 3.73. The molecule has 20 heavy (non-hydrogen) atoms. The predicted octanol–water partition coefficient (Wildman–Crippen LogP) is 2.08. The molecule has 2 heterocycles. The fourth-order valence-electron chi connectivity index (χ4n) is 3.11. The molecule has 1 aliphatic rings. The number of nitrogens with one attached hydrogen (secondary N) is 1. The van der Waals surface area contributed by atoms with Gasteiger partial charge in [-0.05, 0) is 27.3 Å². The van der Waals surface area contributed by atoms with Crippen LogP contribution in [0.1, 0.15) is 31.0 Å². The normalized spacial score (nSPS) is 21.6. The van der Waals surface area contributed by atoms with Crippen LogP contribution < -0.4 is 5.32 Å². The number of morpholine rings is 1. The van der Waals surface area contributed by atoms with E-state index >= 15 is 0 Å². The Bertz CT molecular complexity index is 417. The van der Waals surface area contributed by atoms with Crippen LogP contribution in [0.2, 0.25) is 0 Å². The number of ether oxygens (including phenoxy) is 1. The zero-order chi connectivity index (χ0) is 14.6. The Balaban J connectivity index is 2.12. The lowest BCUT2D eigenvalue weighted by atomic mass is 9.84. The summed E-state index contributed by atoms with van der Waals surface area (Å²) in [6, 6.07) is 0.409. The van der Waals surface area contributed by atoms with Crippen LogP contribution in [0.3, 0.4) is 0 Å². The van der Waals surface area contributed by atoms with E-state index in [0.29, 0.717) is 6.04 Å². The summed E-state index contributed by atoms with van der Waals surface area (Å²) in [5, 5.41) is 6.87. The molecule has 0 aromatic carbocycles. The molecule has 114 valence electrons. The van der Waals surface area contributed by atoms with Crippen molar-refractivity contribution in [3.8, 4) is 0 Å². The lowest BCUT2D eigenvalue weighted by molar-refractivity contribution is -0.0314. The number of aromatic nitrogens is 1. The first-order chi connectivity index (χ1) is 9.60. The van der Waals surface area contributed by atoms with E-state index in [-0.39, 0.29) is 5.54 Å². The van der Waals surface area contributed by atoms with Gasteiger partial charge in [0.2, 0.25) is 0 Å². The molecular formula is C15H27N3OS. The third kappa shape index (κ3) is 3.39. The van der Waals surface area contributed by atoms with E-state index in [0.717, 1.165) is 44.2 Å². The number of hydrogen-bond donors (Lipinski definition) is 1. The minimum Gasteiger partial charge on any atom is -0.379 e. The van der Waals surface area contributed by atoms with Crippen LogP contribution in [0.15, 0.2) is 5.38 Å². The van der Waals surface area contributed by atoms with Gasteiger partial charge in [-0.2, -0.15) is 0 Å². The molecule has 1 N–H and O–H groups in total. The van der Waals surface area contributed by atoms with Crippen LogP contribution in [0.25, 0.3) is 0 Å². The van der Waals surface area contributed by atoms with Crippen molar-refractivity contribution in [3.63, 3.8) is 0 Å². The number of nitrogens with zero attached hydrogens (tertiary/aromatic N) is 2. The highest BCUT2D eigenvalue weighted by Crippen LogP contribution is 2.27. The third-order valence-corrected chi connectivity index (χ3v) is 5.45. The number of thiazole rings is 1. The molecule has 1 aliphatic heterocycles. The van der Waals surface area contributed by atoms with Gasteiger partial charge in [-0.3, -0.25) is 4.90 Å². The molecule has 0 saturated carbocycles. The maximum atomic E-state index is 5.50. The Morgan fingerprint density at radius 3 is 2.70 bits per heavy atom. The zero-order valence-corrected chi connectivity index (χ0v) is 13.9. The van der Waals surface area contributed by atoms with E-state index < -0.39 is 0 Å². The lowest BCUT2D eigenvalue weighted by Gasteiger charge is -2.47. The summed E-state index contributed by atoms with van der Waals surface area (Å²) in [5.41, 5.74) is 1.36. The summed E-state index contributed by atoms with van der Waals surface area (Å²) in [4.78, 5) is 7.21. The molecule has 0 amide bonds. The number of rotatable bonds is 6. The second-order valence-corrected chi connectivity index (χ2v) is 6.78. The second kappa shape index (κ2) is 6.98. The van der Waals surface area contributed by atoms with Crippen molar-refractivity contribution in [1.82, 2.24) is 15.2 Å². The summed E-state index contributed by atoms with van der Waals surface area (Å²) in [7, 11) is 2.07. The van der Waals surface area contributed by atoms with Gasteiger partial charge in [0.05, 0.1) is 23.9 Å². The molecule has 0 bridgehead atoms. The largest absolute Gasteiger partial charge is 0.379 e. The average Bonchev–Trinajstić information content (AvgIpc) is 2.90. The van der Waals surface area contributed by atoms with Gasteiger partial charge < -0.3 is 10.1 Å². The van der Waals surface area contributed by atoms with Gasteiger partial charge in [0.15, 0.2) is 0 Å². The Hall–Kier alpha value is -0.490. The van der Waals surface area contributed by atoms with Gasteiger partial charge in [0.25, 0.3) is 0 Å². The molecule has 1 aromatic heterocycles. The Kier molecular flexibility index (Phi) is 5.55. The summed E-state index contributed by atoms with van der Waals surface area (Å²) in [6.45, 7) is 10.5. The number of hydrogen-bond acceptors (Lipinski definition) is 5. The molecular weight excluding hydrogens is 270 g/mol. The number of likely N-dealkylation sites (N-methyl/N-ethyl adjacent to an activating group) is 1.